The van der Waals surface area contributed by atoms with Gasteiger partial charge in [-0.1, -0.05) is 200 Å². The van der Waals surface area contributed by atoms with Gasteiger partial charge < -0.3 is 4.57 Å². The van der Waals surface area contributed by atoms with Gasteiger partial charge in [0.15, 0.2) is 11.6 Å². The maximum Gasteiger partial charge on any atom is 0.238 e. The van der Waals surface area contributed by atoms with Gasteiger partial charge in [0.2, 0.25) is 5.95 Å². The molecule has 0 bridgehead atoms. The molecule has 4 aromatic heterocycles. The third-order valence-corrected chi connectivity index (χ3v) is 14.7. The van der Waals surface area contributed by atoms with Gasteiger partial charge in [0.05, 0.1) is 22.1 Å². The summed E-state index contributed by atoms with van der Waals surface area (Å²) in [6.07, 6.45) is 0. The predicted octanol–water partition coefficient (Wildman–Crippen LogP) is 16.8. The fourth-order valence-electron chi connectivity index (χ4n) is 10.5. The van der Waals surface area contributed by atoms with E-state index in [1.807, 2.05) is 11.3 Å². The lowest BCUT2D eigenvalue weighted by atomic mass is 9.97. The number of aromatic nitrogens is 5. The van der Waals surface area contributed by atoms with E-state index < -0.39 is 0 Å². The molecular formula is C63H39N5S. The van der Waals surface area contributed by atoms with Crippen molar-refractivity contribution in [3.63, 3.8) is 0 Å². The third kappa shape index (κ3) is 6.34. The molecule has 0 radical (unpaired) electrons. The van der Waals surface area contributed by atoms with Gasteiger partial charge >= 0.3 is 0 Å². The Kier molecular flexibility index (Phi) is 9.00. The first-order chi connectivity index (χ1) is 34.2. The van der Waals surface area contributed by atoms with Crippen LogP contribution < -0.4 is 0 Å². The number of rotatable bonds is 7. The van der Waals surface area contributed by atoms with Gasteiger partial charge in [-0.25, -0.2) is 4.98 Å². The summed E-state index contributed by atoms with van der Waals surface area (Å²) < 4.78 is 7.11. The summed E-state index contributed by atoms with van der Waals surface area (Å²) in [5, 5.41) is 6.93. The van der Waals surface area contributed by atoms with E-state index in [0.29, 0.717) is 17.6 Å². The summed E-state index contributed by atoms with van der Waals surface area (Å²) >= 11 is 1.81. The second-order valence-electron chi connectivity index (χ2n) is 17.5. The van der Waals surface area contributed by atoms with E-state index in [4.69, 9.17) is 15.0 Å². The molecule has 0 spiro atoms. The van der Waals surface area contributed by atoms with Crippen molar-refractivity contribution in [2.24, 2.45) is 0 Å². The van der Waals surface area contributed by atoms with E-state index in [9.17, 15) is 0 Å². The molecule has 4 heterocycles. The van der Waals surface area contributed by atoms with Gasteiger partial charge in [0, 0.05) is 58.5 Å². The molecule has 14 aromatic rings. The minimum Gasteiger partial charge on any atom is -0.307 e. The molecule has 322 valence electrons. The van der Waals surface area contributed by atoms with Crippen molar-refractivity contribution >= 4 is 75.1 Å². The number of benzene rings is 10. The van der Waals surface area contributed by atoms with E-state index in [-0.39, 0.29) is 0 Å². The van der Waals surface area contributed by atoms with E-state index in [1.165, 1.54) is 42.4 Å². The quantitative estimate of drug-likeness (QED) is 0.160. The van der Waals surface area contributed by atoms with Crippen molar-refractivity contribution in [1.82, 2.24) is 24.1 Å². The number of thiophene rings is 1. The molecule has 5 nitrogen and oxygen atoms in total. The van der Waals surface area contributed by atoms with E-state index in [0.717, 1.165) is 71.6 Å². The fraction of sp³-hybridized carbons (Fsp3) is 0. The summed E-state index contributed by atoms with van der Waals surface area (Å²) in [4.78, 5) is 16.6. The average molecular weight is 898 g/mol. The molecule has 0 aliphatic carbocycles. The number of fused-ring (bicyclic) bond motifs is 10. The molecule has 0 unspecified atom stereocenters. The van der Waals surface area contributed by atoms with Crippen LogP contribution in [0.4, 0.5) is 0 Å². The second-order valence-corrected chi connectivity index (χ2v) is 18.6. The monoisotopic (exact) mass is 897 g/mol. The molecule has 0 saturated heterocycles. The molecule has 0 aliphatic heterocycles. The van der Waals surface area contributed by atoms with Crippen LogP contribution in [-0.2, 0) is 0 Å². The molecule has 0 fully saturated rings. The fourth-order valence-corrected chi connectivity index (χ4v) is 11.6. The van der Waals surface area contributed by atoms with Crippen LogP contribution in [-0.4, -0.2) is 24.1 Å². The Balaban J connectivity index is 1.07. The van der Waals surface area contributed by atoms with Crippen molar-refractivity contribution in [1.29, 1.82) is 0 Å². The number of hydrogen-bond donors (Lipinski definition) is 0. The largest absolute Gasteiger partial charge is 0.307 e. The topological polar surface area (TPSA) is 48.5 Å². The smallest absolute Gasteiger partial charge is 0.238 e. The van der Waals surface area contributed by atoms with Crippen molar-refractivity contribution in [3.05, 3.63) is 237 Å². The van der Waals surface area contributed by atoms with E-state index in [1.54, 1.807) is 0 Å². The minimum absolute atomic E-state index is 0.553. The summed E-state index contributed by atoms with van der Waals surface area (Å²) in [7, 11) is 0. The number of hydrogen-bond acceptors (Lipinski definition) is 4. The zero-order valence-corrected chi connectivity index (χ0v) is 38.0. The molecule has 0 amide bonds. The van der Waals surface area contributed by atoms with Crippen LogP contribution in [0.5, 0.6) is 0 Å². The molecule has 10 aromatic carbocycles. The van der Waals surface area contributed by atoms with E-state index in [2.05, 4.69) is 246 Å². The van der Waals surface area contributed by atoms with Crippen LogP contribution in [0.25, 0.3) is 132 Å². The highest BCUT2D eigenvalue weighted by Gasteiger charge is 2.25. The molecule has 6 heteroatoms. The van der Waals surface area contributed by atoms with Crippen LogP contribution in [0, 0.1) is 0 Å². The Labute approximate surface area is 401 Å². The molecule has 0 saturated carbocycles. The van der Waals surface area contributed by atoms with Crippen LogP contribution in [0.2, 0.25) is 0 Å². The Morgan fingerprint density at radius 3 is 1.35 bits per heavy atom. The van der Waals surface area contributed by atoms with Gasteiger partial charge in [-0.2, -0.15) is 9.97 Å². The van der Waals surface area contributed by atoms with Gasteiger partial charge in [-0.3, -0.25) is 4.57 Å². The number of nitrogens with zero attached hydrogens (tertiary/aromatic N) is 5. The molecule has 0 aliphatic rings. The normalized spacial score (nSPS) is 11.8. The first-order valence-electron chi connectivity index (χ1n) is 23.3. The summed E-state index contributed by atoms with van der Waals surface area (Å²) in [6.45, 7) is 0. The van der Waals surface area contributed by atoms with Gasteiger partial charge in [-0.05, 0) is 69.8 Å². The first kappa shape index (κ1) is 39.2. The van der Waals surface area contributed by atoms with Crippen LogP contribution >= 0.6 is 11.3 Å². The molecule has 0 atom stereocenters. The second kappa shape index (κ2) is 15.8. The molecule has 14 rings (SSSR count). The Bertz CT molecular complexity index is 4270. The summed E-state index contributed by atoms with van der Waals surface area (Å²) in [6, 6.07) is 84.4. The summed E-state index contributed by atoms with van der Waals surface area (Å²) in [5.74, 6) is 1.77. The maximum atomic E-state index is 5.62. The average Bonchev–Trinajstić information content (AvgIpc) is 4.10. The maximum absolute atomic E-state index is 5.62. The Morgan fingerprint density at radius 1 is 0.290 bits per heavy atom. The Morgan fingerprint density at radius 2 is 0.739 bits per heavy atom. The predicted molar refractivity (Wildman–Crippen MR) is 289 cm³/mol. The highest BCUT2D eigenvalue weighted by Crippen LogP contribution is 2.45. The van der Waals surface area contributed by atoms with Crippen molar-refractivity contribution < 1.29 is 0 Å². The first-order valence-corrected chi connectivity index (χ1v) is 24.1. The highest BCUT2D eigenvalue weighted by atomic mass is 32.1. The van der Waals surface area contributed by atoms with Crippen molar-refractivity contribution in [2.45, 2.75) is 0 Å². The van der Waals surface area contributed by atoms with Gasteiger partial charge in [-0.15, -0.1) is 11.3 Å². The zero-order valence-electron chi connectivity index (χ0n) is 37.2. The minimum atomic E-state index is 0.553. The van der Waals surface area contributed by atoms with Crippen molar-refractivity contribution in [2.75, 3.05) is 0 Å². The lowest BCUT2D eigenvalue weighted by molar-refractivity contribution is 0.954. The number of para-hydroxylation sites is 2. The van der Waals surface area contributed by atoms with Crippen LogP contribution in [0.15, 0.2) is 237 Å². The highest BCUT2D eigenvalue weighted by molar-refractivity contribution is 7.26. The van der Waals surface area contributed by atoms with Crippen LogP contribution in [0.1, 0.15) is 0 Å². The summed E-state index contributed by atoms with van der Waals surface area (Å²) in [5.41, 5.74) is 14.2. The third-order valence-electron chi connectivity index (χ3n) is 13.6. The lowest BCUT2D eigenvalue weighted by Gasteiger charge is -2.14. The molecular weight excluding hydrogens is 859 g/mol. The van der Waals surface area contributed by atoms with Crippen LogP contribution in [0.3, 0.4) is 0 Å². The molecule has 0 N–H and O–H groups in total. The standard InChI is InChI=1S/C63H39N5S/c1-4-16-40(17-5-1)42-30-32-45(33-31-42)61-64-62(52-25-15-29-56-58(52)57-47(24-14-28-55(57)69-56)44-20-8-3-9-21-44)66-63(65-61)68-54-27-13-11-23-49(54)51-39-38-50-48-22-10-12-26-53(48)67(59(50)60(51)68)46-36-34-43(35-37-46)41-18-6-2-7-19-41/h1-39H. The Hall–Kier alpha value is -8.97. The van der Waals surface area contributed by atoms with E-state index >= 15 is 0 Å². The van der Waals surface area contributed by atoms with Gasteiger partial charge in [0.1, 0.15) is 0 Å². The lowest BCUT2D eigenvalue weighted by Crippen LogP contribution is -2.07. The van der Waals surface area contributed by atoms with Gasteiger partial charge in [0.25, 0.3) is 0 Å². The molecule has 69 heavy (non-hydrogen) atoms. The van der Waals surface area contributed by atoms with Crippen molar-refractivity contribution in [3.8, 4) is 67.8 Å². The zero-order chi connectivity index (χ0) is 45.4. The SMILES string of the molecule is c1ccc(-c2ccc(-c3nc(-c4cccc5sc6cccc(-c7ccccc7)c6c45)nc(-n4c5ccccc5c5ccc6c7ccccc7n(-c7ccc(-c8ccccc8)cc7)c6c54)n3)cc2)cc1.